The first kappa shape index (κ1) is 11.3. The molecular formula is C11H14N2O2S. The van der Waals surface area contributed by atoms with Gasteiger partial charge in [-0.3, -0.25) is 0 Å². The van der Waals surface area contributed by atoms with E-state index in [4.69, 9.17) is 9.15 Å². The second-order valence-corrected chi connectivity index (χ2v) is 4.28. The Balaban J connectivity index is 1.76. The van der Waals surface area contributed by atoms with E-state index in [1.54, 1.807) is 17.6 Å². The van der Waals surface area contributed by atoms with Gasteiger partial charge in [-0.15, -0.1) is 11.3 Å². The van der Waals surface area contributed by atoms with Gasteiger partial charge in [0.15, 0.2) is 0 Å². The van der Waals surface area contributed by atoms with Gasteiger partial charge in [0.25, 0.3) is 0 Å². The zero-order chi connectivity index (χ0) is 11.2. The number of hydrogen-bond donors (Lipinski definition) is 1. The molecule has 0 aromatic carbocycles. The van der Waals surface area contributed by atoms with Gasteiger partial charge < -0.3 is 14.5 Å². The molecule has 0 atom stereocenters. The highest BCUT2D eigenvalue weighted by Gasteiger charge is 2.02. The smallest absolute Gasteiger partial charge is 0.129 e. The predicted octanol–water partition coefficient (Wildman–Crippen LogP) is 2.17. The molecule has 2 heterocycles. The summed E-state index contributed by atoms with van der Waals surface area (Å²) in [6.07, 6.45) is 1.65. The molecule has 4 nitrogen and oxygen atoms in total. The molecule has 2 rings (SSSR count). The lowest BCUT2D eigenvalue weighted by atomic mass is 10.5. The van der Waals surface area contributed by atoms with Gasteiger partial charge in [-0.25, -0.2) is 4.98 Å². The van der Waals surface area contributed by atoms with Crippen molar-refractivity contribution in [3.63, 3.8) is 0 Å². The minimum atomic E-state index is 0.492. The summed E-state index contributed by atoms with van der Waals surface area (Å²) in [6.45, 7) is 1.83. The molecule has 5 heteroatoms. The highest BCUT2D eigenvalue weighted by molar-refractivity contribution is 7.09. The highest BCUT2D eigenvalue weighted by atomic mass is 32.1. The number of rotatable bonds is 6. The Bertz CT molecular complexity index is 411. The molecule has 0 aliphatic carbocycles. The van der Waals surface area contributed by atoms with Gasteiger partial charge in [0.2, 0.25) is 0 Å². The van der Waals surface area contributed by atoms with Crippen LogP contribution in [0.25, 0.3) is 0 Å². The first-order valence-electron chi connectivity index (χ1n) is 5.06. The van der Waals surface area contributed by atoms with E-state index >= 15 is 0 Å². The first-order chi connectivity index (χ1) is 7.88. The van der Waals surface area contributed by atoms with Crippen molar-refractivity contribution in [2.75, 3.05) is 7.05 Å². The summed E-state index contributed by atoms with van der Waals surface area (Å²) in [5.41, 5.74) is 0.974. The number of aromatic nitrogens is 1. The Morgan fingerprint density at radius 3 is 3.19 bits per heavy atom. The fourth-order valence-corrected chi connectivity index (χ4v) is 2.09. The van der Waals surface area contributed by atoms with Crippen LogP contribution in [0.1, 0.15) is 16.5 Å². The number of furan rings is 1. The van der Waals surface area contributed by atoms with E-state index in [9.17, 15) is 0 Å². The number of thiazole rings is 1. The van der Waals surface area contributed by atoms with Crippen LogP contribution < -0.4 is 5.32 Å². The Morgan fingerprint density at radius 2 is 2.44 bits per heavy atom. The summed E-state index contributed by atoms with van der Waals surface area (Å²) in [4.78, 5) is 4.42. The summed E-state index contributed by atoms with van der Waals surface area (Å²) in [5, 5.41) is 6.17. The van der Waals surface area contributed by atoms with Gasteiger partial charge in [0, 0.05) is 11.9 Å². The van der Waals surface area contributed by atoms with E-state index in [2.05, 4.69) is 10.3 Å². The van der Waals surface area contributed by atoms with Gasteiger partial charge in [0.1, 0.15) is 17.4 Å². The van der Waals surface area contributed by atoms with Gasteiger partial charge in [-0.05, 0) is 19.2 Å². The third kappa shape index (κ3) is 3.16. The van der Waals surface area contributed by atoms with E-state index in [0.717, 1.165) is 23.0 Å². The van der Waals surface area contributed by atoms with E-state index < -0.39 is 0 Å². The molecule has 0 bridgehead atoms. The topological polar surface area (TPSA) is 47.3 Å². The number of hydrogen-bond acceptors (Lipinski definition) is 5. The van der Waals surface area contributed by atoms with E-state index in [1.165, 1.54) is 0 Å². The third-order valence-corrected chi connectivity index (χ3v) is 2.90. The average Bonchev–Trinajstić information content (AvgIpc) is 2.90. The molecule has 0 saturated carbocycles. The number of ether oxygens (including phenoxy) is 1. The van der Waals surface area contributed by atoms with Gasteiger partial charge in [0.05, 0.1) is 18.6 Å². The molecule has 0 aliphatic rings. The Hall–Kier alpha value is -1.17. The summed E-state index contributed by atoms with van der Waals surface area (Å²) in [5.74, 6) is 0.839. The molecule has 2 aromatic heterocycles. The number of nitrogens with one attached hydrogen (secondary N) is 1. The van der Waals surface area contributed by atoms with E-state index in [1.807, 2.05) is 24.6 Å². The highest BCUT2D eigenvalue weighted by Crippen LogP contribution is 2.11. The Labute approximate surface area is 98.3 Å². The Kier molecular flexibility index (Phi) is 4.10. The lowest BCUT2D eigenvalue weighted by Crippen LogP contribution is -2.04. The van der Waals surface area contributed by atoms with Crippen LogP contribution in [0.5, 0.6) is 0 Å². The lowest BCUT2D eigenvalue weighted by molar-refractivity contribution is 0.0909. The molecule has 16 heavy (non-hydrogen) atoms. The predicted molar refractivity (Wildman–Crippen MR) is 62.1 cm³/mol. The summed E-state index contributed by atoms with van der Waals surface area (Å²) in [7, 11) is 1.91. The molecule has 0 amide bonds. The molecule has 0 spiro atoms. The zero-order valence-electron chi connectivity index (χ0n) is 9.10. The van der Waals surface area contributed by atoms with Crippen molar-refractivity contribution in [3.8, 4) is 0 Å². The first-order valence-corrected chi connectivity index (χ1v) is 5.94. The molecule has 86 valence electrons. The fourth-order valence-electron chi connectivity index (χ4n) is 1.30. The van der Waals surface area contributed by atoms with Crippen molar-refractivity contribution < 1.29 is 9.15 Å². The number of nitrogens with zero attached hydrogens (tertiary/aromatic N) is 1. The van der Waals surface area contributed by atoms with Crippen molar-refractivity contribution in [2.45, 2.75) is 19.8 Å². The molecule has 0 saturated heterocycles. The summed E-state index contributed by atoms with van der Waals surface area (Å²) >= 11 is 1.64. The van der Waals surface area contributed by atoms with Crippen LogP contribution in [0.4, 0.5) is 0 Å². The largest absolute Gasteiger partial charge is 0.467 e. The zero-order valence-corrected chi connectivity index (χ0v) is 9.92. The Morgan fingerprint density at radius 1 is 1.50 bits per heavy atom. The minimum Gasteiger partial charge on any atom is -0.467 e. The van der Waals surface area contributed by atoms with Crippen LogP contribution >= 0.6 is 11.3 Å². The molecule has 0 radical (unpaired) electrons. The minimum absolute atomic E-state index is 0.492. The normalized spacial score (nSPS) is 10.8. The van der Waals surface area contributed by atoms with Crippen LogP contribution in [-0.4, -0.2) is 12.0 Å². The van der Waals surface area contributed by atoms with Gasteiger partial charge >= 0.3 is 0 Å². The SMILES string of the molecule is CNCc1nc(COCc2ccco2)cs1. The fraction of sp³-hybridized carbons (Fsp3) is 0.364. The molecule has 0 fully saturated rings. The maximum atomic E-state index is 5.49. The summed E-state index contributed by atoms with van der Waals surface area (Å²) in [6, 6.07) is 3.75. The monoisotopic (exact) mass is 238 g/mol. The maximum Gasteiger partial charge on any atom is 0.129 e. The van der Waals surface area contributed by atoms with Crippen molar-refractivity contribution in [1.29, 1.82) is 0 Å². The van der Waals surface area contributed by atoms with E-state index in [-0.39, 0.29) is 0 Å². The van der Waals surface area contributed by atoms with Crippen LogP contribution in [-0.2, 0) is 24.5 Å². The quantitative estimate of drug-likeness (QED) is 0.838. The summed E-state index contributed by atoms with van der Waals surface area (Å²) < 4.78 is 10.6. The van der Waals surface area contributed by atoms with Crippen molar-refractivity contribution in [2.24, 2.45) is 0 Å². The molecule has 0 aliphatic heterocycles. The van der Waals surface area contributed by atoms with Crippen molar-refractivity contribution in [3.05, 3.63) is 40.2 Å². The molecular weight excluding hydrogens is 224 g/mol. The molecule has 0 unspecified atom stereocenters. The lowest BCUT2D eigenvalue weighted by Gasteiger charge is -1.98. The van der Waals surface area contributed by atoms with Crippen LogP contribution in [0, 0.1) is 0 Å². The van der Waals surface area contributed by atoms with Crippen LogP contribution in [0.3, 0.4) is 0 Å². The van der Waals surface area contributed by atoms with Crippen molar-refractivity contribution >= 4 is 11.3 Å². The molecule has 1 N–H and O–H groups in total. The van der Waals surface area contributed by atoms with Crippen LogP contribution in [0.2, 0.25) is 0 Å². The van der Waals surface area contributed by atoms with Crippen LogP contribution in [0.15, 0.2) is 28.2 Å². The standard InChI is InChI=1S/C11H14N2O2S/c1-12-5-11-13-9(8-16-11)6-14-7-10-3-2-4-15-10/h2-4,8,12H,5-7H2,1H3. The van der Waals surface area contributed by atoms with Crippen molar-refractivity contribution in [1.82, 2.24) is 10.3 Å². The third-order valence-electron chi connectivity index (χ3n) is 2.00. The second-order valence-electron chi connectivity index (χ2n) is 3.34. The van der Waals surface area contributed by atoms with E-state index in [0.29, 0.717) is 13.2 Å². The molecule has 2 aromatic rings. The van der Waals surface area contributed by atoms with Gasteiger partial charge in [-0.2, -0.15) is 0 Å². The van der Waals surface area contributed by atoms with Gasteiger partial charge in [-0.1, -0.05) is 0 Å². The maximum absolute atomic E-state index is 5.49. The average molecular weight is 238 g/mol. The second kappa shape index (κ2) is 5.79.